The summed E-state index contributed by atoms with van der Waals surface area (Å²) in [7, 11) is 1.70. The van der Waals surface area contributed by atoms with Gasteiger partial charge in [-0.15, -0.1) is 10.2 Å². The molecule has 2 aromatic heterocycles. The highest BCUT2D eigenvalue weighted by molar-refractivity contribution is 5.61. The molecule has 0 aliphatic heterocycles. The van der Waals surface area contributed by atoms with Gasteiger partial charge in [-0.3, -0.25) is 4.40 Å². The number of rotatable bonds is 5. The van der Waals surface area contributed by atoms with Crippen LogP contribution >= 0.6 is 0 Å². The van der Waals surface area contributed by atoms with Gasteiger partial charge in [-0.2, -0.15) is 0 Å². The SMILES string of the molecule is COCC(Nc1nccn2cnnc12)C(C)C. The minimum Gasteiger partial charge on any atom is -0.383 e. The van der Waals surface area contributed by atoms with Crippen molar-refractivity contribution >= 4 is 11.5 Å². The van der Waals surface area contributed by atoms with E-state index in [4.69, 9.17) is 4.74 Å². The molecule has 0 radical (unpaired) electrons. The first kappa shape index (κ1) is 11.8. The van der Waals surface area contributed by atoms with Crippen LogP contribution in [-0.4, -0.2) is 39.3 Å². The Kier molecular flexibility index (Phi) is 3.53. The Morgan fingerprint density at radius 2 is 2.29 bits per heavy atom. The second-order valence-electron chi connectivity index (χ2n) is 4.29. The van der Waals surface area contributed by atoms with E-state index in [1.165, 1.54) is 0 Å². The summed E-state index contributed by atoms with van der Waals surface area (Å²) >= 11 is 0. The lowest BCUT2D eigenvalue weighted by atomic mass is 10.1. The Hall–Kier alpha value is -1.69. The molecule has 0 bridgehead atoms. The van der Waals surface area contributed by atoms with Crippen LogP contribution in [0, 0.1) is 5.92 Å². The maximum absolute atomic E-state index is 5.20. The molecule has 0 spiro atoms. The number of fused-ring (bicyclic) bond motifs is 1. The van der Waals surface area contributed by atoms with Gasteiger partial charge in [0.2, 0.25) is 5.65 Å². The van der Waals surface area contributed by atoms with Gasteiger partial charge in [0.15, 0.2) is 5.82 Å². The summed E-state index contributed by atoms with van der Waals surface area (Å²) < 4.78 is 7.03. The predicted octanol–water partition coefficient (Wildman–Crippen LogP) is 1.21. The van der Waals surface area contributed by atoms with Crippen molar-refractivity contribution in [3.8, 4) is 0 Å². The minimum atomic E-state index is 0.204. The van der Waals surface area contributed by atoms with Crippen LogP contribution in [0.1, 0.15) is 13.8 Å². The fourth-order valence-electron chi connectivity index (χ4n) is 1.62. The first-order chi connectivity index (χ1) is 8.22. The molecule has 0 saturated carbocycles. The molecule has 17 heavy (non-hydrogen) atoms. The molecule has 0 amide bonds. The van der Waals surface area contributed by atoms with Crippen LogP contribution in [-0.2, 0) is 4.74 Å². The van der Waals surface area contributed by atoms with E-state index < -0.39 is 0 Å². The van der Waals surface area contributed by atoms with Crippen LogP contribution in [0.5, 0.6) is 0 Å². The van der Waals surface area contributed by atoms with Gasteiger partial charge in [0, 0.05) is 19.5 Å². The Morgan fingerprint density at radius 3 is 3.00 bits per heavy atom. The first-order valence-corrected chi connectivity index (χ1v) is 5.62. The van der Waals surface area contributed by atoms with E-state index in [1.807, 2.05) is 10.6 Å². The molecule has 0 saturated heterocycles. The summed E-state index contributed by atoms with van der Waals surface area (Å²) in [6, 6.07) is 0.204. The van der Waals surface area contributed by atoms with Crippen molar-refractivity contribution in [3.63, 3.8) is 0 Å². The molecule has 2 heterocycles. The lowest BCUT2D eigenvalue weighted by molar-refractivity contribution is 0.171. The van der Waals surface area contributed by atoms with Gasteiger partial charge in [-0.25, -0.2) is 4.98 Å². The molecule has 2 rings (SSSR count). The Balaban J connectivity index is 2.24. The van der Waals surface area contributed by atoms with Gasteiger partial charge < -0.3 is 10.1 Å². The third kappa shape index (κ3) is 2.52. The number of nitrogens with one attached hydrogen (secondary N) is 1. The van der Waals surface area contributed by atoms with Crippen molar-refractivity contribution in [1.29, 1.82) is 0 Å². The highest BCUT2D eigenvalue weighted by atomic mass is 16.5. The zero-order valence-electron chi connectivity index (χ0n) is 10.3. The molecule has 1 unspecified atom stereocenters. The molecule has 2 aromatic rings. The molecule has 0 aliphatic carbocycles. The van der Waals surface area contributed by atoms with Gasteiger partial charge in [-0.05, 0) is 5.92 Å². The lowest BCUT2D eigenvalue weighted by Crippen LogP contribution is -2.31. The predicted molar refractivity (Wildman–Crippen MR) is 64.9 cm³/mol. The zero-order valence-corrected chi connectivity index (χ0v) is 10.3. The number of anilines is 1. The number of hydrogen-bond acceptors (Lipinski definition) is 5. The molecule has 1 N–H and O–H groups in total. The molecule has 92 valence electrons. The van der Waals surface area contributed by atoms with Crippen molar-refractivity contribution in [2.45, 2.75) is 19.9 Å². The van der Waals surface area contributed by atoms with Gasteiger partial charge in [-0.1, -0.05) is 13.8 Å². The van der Waals surface area contributed by atoms with Crippen LogP contribution in [0.25, 0.3) is 5.65 Å². The van der Waals surface area contributed by atoms with Crippen LogP contribution in [0.3, 0.4) is 0 Å². The molecule has 1 atom stereocenters. The molecule has 0 aromatic carbocycles. The molecule has 6 nitrogen and oxygen atoms in total. The van der Waals surface area contributed by atoms with Crippen LogP contribution < -0.4 is 5.32 Å². The second kappa shape index (κ2) is 5.09. The van der Waals surface area contributed by atoms with Crippen molar-refractivity contribution in [2.75, 3.05) is 19.0 Å². The van der Waals surface area contributed by atoms with E-state index in [0.717, 1.165) is 11.5 Å². The number of nitrogens with zero attached hydrogens (tertiary/aromatic N) is 4. The van der Waals surface area contributed by atoms with Crippen molar-refractivity contribution in [2.24, 2.45) is 5.92 Å². The fraction of sp³-hybridized carbons (Fsp3) is 0.545. The fourth-order valence-corrected chi connectivity index (χ4v) is 1.62. The highest BCUT2D eigenvalue weighted by Crippen LogP contribution is 2.14. The van der Waals surface area contributed by atoms with E-state index in [0.29, 0.717) is 12.5 Å². The standard InChI is InChI=1S/C11H17N5O/c1-8(2)9(6-17-3)14-10-11-15-13-7-16(11)5-4-12-10/h4-5,7-9H,6H2,1-3H3,(H,12,14). The van der Waals surface area contributed by atoms with E-state index in [-0.39, 0.29) is 6.04 Å². The summed E-state index contributed by atoms with van der Waals surface area (Å²) in [6.45, 7) is 4.91. The topological polar surface area (TPSA) is 64.3 Å². The quantitative estimate of drug-likeness (QED) is 0.843. The van der Waals surface area contributed by atoms with Crippen LogP contribution in [0.2, 0.25) is 0 Å². The Labute approximate surface area is 100 Å². The van der Waals surface area contributed by atoms with Crippen LogP contribution in [0.4, 0.5) is 5.82 Å². The van der Waals surface area contributed by atoms with Crippen LogP contribution in [0.15, 0.2) is 18.7 Å². The maximum atomic E-state index is 5.20. The summed E-state index contributed by atoms with van der Waals surface area (Å²) in [6.07, 6.45) is 5.20. The largest absolute Gasteiger partial charge is 0.383 e. The third-order valence-corrected chi connectivity index (χ3v) is 2.69. The first-order valence-electron chi connectivity index (χ1n) is 5.62. The summed E-state index contributed by atoms with van der Waals surface area (Å²) in [5, 5.41) is 11.2. The minimum absolute atomic E-state index is 0.204. The maximum Gasteiger partial charge on any atom is 0.203 e. The van der Waals surface area contributed by atoms with Crippen molar-refractivity contribution in [3.05, 3.63) is 18.7 Å². The zero-order chi connectivity index (χ0) is 12.3. The summed E-state index contributed by atoms with van der Waals surface area (Å²) in [4.78, 5) is 4.29. The molecule has 0 fully saturated rings. The van der Waals surface area contributed by atoms with Crippen molar-refractivity contribution < 1.29 is 4.74 Å². The average Bonchev–Trinajstić information content (AvgIpc) is 2.77. The Morgan fingerprint density at radius 1 is 1.47 bits per heavy atom. The van der Waals surface area contributed by atoms with Crippen molar-refractivity contribution in [1.82, 2.24) is 19.6 Å². The molecule has 6 heteroatoms. The number of methoxy groups -OCH3 is 1. The summed E-state index contributed by atoms with van der Waals surface area (Å²) in [5.74, 6) is 1.18. The average molecular weight is 235 g/mol. The van der Waals surface area contributed by atoms with Gasteiger partial charge in [0.05, 0.1) is 12.6 Å². The van der Waals surface area contributed by atoms with E-state index in [2.05, 4.69) is 34.3 Å². The molecular formula is C11H17N5O. The number of ether oxygens (including phenoxy) is 1. The third-order valence-electron chi connectivity index (χ3n) is 2.69. The van der Waals surface area contributed by atoms with E-state index in [1.54, 1.807) is 19.6 Å². The monoisotopic (exact) mass is 235 g/mol. The van der Waals surface area contributed by atoms with Gasteiger partial charge >= 0.3 is 0 Å². The molecular weight excluding hydrogens is 218 g/mol. The van der Waals surface area contributed by atoms with Gasteiger partial charge in [0.1, 0.15) is 6.33 Å². The summed E-state index contributed by atoms with van der Waals surface area (Å²) in [5.41, 5.74) is 0.731. The Bertz CT molecular complexity index is 481. The van der Waals surface area contributed by atoms with Gasteiger partial charge in [0.25, 0.3) is 0 Å². The van der Waals surface area contributed by atoms with E-state index in [9.17, 15) is 0 Å². The molecule has 0 aliphatic rings. The lowest BCUT2D eigenvalue weighted by Gasteiger charge is -2.21. The smallest absolute Gasteiger partial charge is 0.203 e. The normalized spacial score (nSPS) is 13.2. The van der Waals surface area contributed by atoms with E-state index >= 15 is 0 Å². The number of hydrogen-bond donors (Lipinski definition) is 1. The number of aromatic nitrogens is 4. The second-order valence-corrected chi connectivity index (χ2v) is 4.29. The highest BCUT2D eigenvalue weighted by Gasteiger charge is 2.15.